The summed E-state index contributed by atoms with van der Waals surface area (Å²) >= 11 is 0. The summed E-state index contributed by atoms with van der Waals surface area (Å²) in [4.78, 5) is 16.2. The maximum atomic E-state index is 11.6. The minimum atomic E-state index is -0.218. The zero-order chi connectivity index (χ0) is 13.5. The molecule has 1 fully saturated rings. The number of likely N-dealkylation sites (N-methyl/N-ethyl adjacent to an activating group) is 2. The van der Waals surface area contributed by atoms with Gasteiger partial charge in [0.2, 0.25) is 0 Å². The third kappa shape index (κ3) is 4.92. The molecule has 1 N–H and O–H groups in total. The molecule has 0 bridgehead atoms. The number of esters is 1. The van der Waals surface area contributed by atoms with Crippen LogP contribution in [0.25, 0.3) is 0 Å². The first kappa shape index (κ1) is 15.4. The van der Waals surface area contributed by atoms with Gasteiger partial charge in [0.25, 0.3) is 0 Å². The van der Waals surface area contributed by atoms with Gasteiger partial charge in [-0.15, -0.1) is 0 Å². The molecule has 1 rings (SSSR count). The molecule has 1 heterocycles. The second-order valence-electron chi connectivity index (χ2n) is 5.27. The van der Waals surface area contributed by atoms with Crippen LogP contribution in [-0.4, -0.2) is 75.7 Å². The van der Waals surface area contributed by atoms with Crippen molar-refractivity contribution < 1.29 is 9.53 Å². The fourth-order valence-electron chi connectivity index (χ4n) is 2.61. The number of hydrogen-bond acceptors (Lipinski definition) is 5. The third-order valence-electron chi connectivity index (χ3n) is 3.49. The van der Waals surface area contributed by atoms with Crippen LogP contribution in [0, 0.1) is 5.92 Å². The van der Waals surface area contributed by atoms with Crippen LogP contribution in [0.15, 0.2) is 0 Å². The van der Waals surface area contributed by atoms with Gasteiger partial charge in [0, 0.05) is 19.6 Å². The second kappa shape index (κ2) is 7.71. The van der Waals surface area contributed by atoms with Gasteiger partial charge in [-0.3, -0.25) is 4.79 Å². The van der Waals surface area contributed by atoms with Crippen molar-refractivity contribution in [2.75, 3.05) is 53.9 Å². The molecule has 0 radical (unpaired) electrons. The Morgan fingerprint density at radius 1 is 1.61 bits per heavy atom. The summed E-state index contributed by atoms with van der Waals surface area (Å²) < 4.78 is 4.82. The van der Waals surface area contributed by atoms with Crippen molar-refractivity contribution in [2.24, 2.45) is 5.92 Å². The summed E-state index contributed by atoms with van der Waals surface area (Å²) in [6.07, 6.45) is 1.25. The van der Waals surface area contributed by atoms with E-state index in [-0.39, 0.29) is 12.0 Å². The van der Waals surface area contributed by atoms with Gasteiger partial charge in [-0.1, -0.05) is 6.92 Å². The molecule has 5 heteroatoms. The number of methoxy groups -OCH3 is 1. The maximum Gasteiger partial charge on any atom is 0.324 e. The molecule has 106 valence electrons. The van der Waals surface area contributed by atoms with Crippen molar-refractivity contribution in [1.82, 2.24) is 15.1 Å². The Balaban J connectivity index is 2.35. The smallest absolute Gasteiger partial charge is 0.324 e. The number of likely N-dealkylation sites (tertiary alicyclic amines) is 1. The molecule has 0 aromatic carbocycles. The van der Waals surface area contributed by atoms with Crippen LogP contribution in [0.3, 0.4) is 0 Å². The van der Waals surface area contributed by atoms with Gasteiger partial charge in [0.15, 0.2) is 0 Å². The number of nitrogens with one attached hydrogen (secondary N) is 1. The van der Waals surface area contributed by atoms with Crippen molar-refractivity contribution in [3.8, 4) is 0 Å². The molecule has 1 aliphatic heterocycles. The van der Waals surface area contributed by atoms with Crippen LogP contribution in [0.2, 0.25) is 0 Å². The molecule has 0 aromatic rings. The van der Waals surface area contributed by atoms with Crippen LogP contribution in [0.4, 0.5) is 0 Å². The lowest BCUT2D eigenvalue weighted by Crippen LogP contribution is -2.46. The van der Waals surface area contributed by atoms with Crippen molar-refractivity contribution in [2.45, 2.75) is 19.4 Å². The number of rotatable bonds is 7. The fourth-order valence-corrected chi connectivity index (χ4v) is 2.61. The number of ether oxygens (including phenoxy) is 1. The van der Waals surface area contributed by atoms with Crippen LogP contribution in [0.5, 0.6) is 0 Å². The van der Waals surface area contributed by atoms with E-state index < -0.39 is 0 Å². The third-order valence-corrected chi connectivity index (χ3v) is 3.49. The minimum absolute atomic E-state index is 0.174. The summed E-state index contributed by atoms with van der Waals surface area (Å²) in [6.45, 7) is 6.88. The number of hydrogen-bond donors (Lipinski definition) is 1. The Morgan fingerprint density at radius 3 is 2.83 bits per heavy atom. The SMILES string of the molecule is CCNC(CN(C)CC1CCN(C)C1)C(=O)OC. The molecule has 0 spiro atoms. The van der Waals surface area contributed by atoms with Crippen LogP contribution in [-0.2, 0) is 9.53 Å². The molecule has 0 amide bonds. The predicted octanol–water partition coefficient (Wildman–Crippen LogP) is 0.0210. The first-order chi connectivity index (χ1) is 8.56. The Labute approximate surface area is 110 Å². The predicted molar refractivity (Wildman–Crippen MR) is 72.6 cm³/mol. The van der Waals surface area contributed by atoms with Gasteiger partial charge in [0.1, 0.15) is 6.04 Å². The van der Waals surface area contributed by atoms with Crippen LogP contribution in [0.1, 0.15) is 13.3 Å². The normalized spacial score (nSPS) is 22.4. The maximum absolute atomic E-state index is 11.6. The number of nitrogens with zero attached hydrogens (tertiary/aromatic N) is 2. The summed E-state index contributed by atoms with van der Waals surface area (Å²) in [6, 6.07) is -0.218. The Hall–Kier alpha value is -0.650. The summed E-state index contributed by atoms with van der Waals surface area (Å²) in [7, 11) is 5.68. The van der Waals surface area contributed by atoms with Crippen molar-refractivity contribution in [1.29, 1.82) is 0 Å². The van der Waals surface area contributed by atoms with E-state index in [1.165, 1.54) is 20.1 Å². The van der Waals surface area contributed by atoms with Crippen LogP contribution < -0.4 is 5.32 Å². The van der Waals surface area contributed by atoms with E-state index in [0.29, 0.717) is 6.54 Å². The lowest BCUT2D eigenvalue weighted by atomic mass is 10.1. The van der Waals surface area contributed by atoms with E-state index in [1.54, 1.807) is 0 Å². The van der Waals surface area contributed by atoms with E-state index in [4.69, 9.17) is 4.74 Å². The molecule has 2 atom stereocenters. The molecule has 0 aliphatic carbocycles. The van der Waals surface area contributed by atoms with Crippen LogP contribution >= 0.6 is 0 Å². The number of carbonyl (C=O) groups excluding carboxylic acids is 1. The topological polar surface area (TPSA) is 44.8 Å². The van der Waals surface area contributed by atoms with Crippen molar-refractivity contribution in [3.63, 3.8) is 0 Å². The van der Waals surface area contributed by atoms with Gasteiger partial charge in [-0.05, 0) is 39.5 Å². The number of carbonyl (C=O) groups is 1. The quantitative estimate of drug-likeness (QED) is 0.652. The van der Waals surface area contributed by atoms with Crippen molar-refractivity contribution >= 4 is 5.97 Å². The van der Waals surface area contributed by atoms with Gasteiger partial charge in [0.05, 0.1) is 7.11 Å². The zero-order valence-electron chi connectivity index (χ0n) is 12.1. The average Bonchev–Trinajstić information content (AvgIpc) is 2.73. The lowest BCUT2D eigenvalue weighted by molar-refractivity contribution is -0.143. The monoisotopic (exact) mass is 257 g/mol. The first-order valence-electron chi connectivity index (χ1n) is 6.75. The molecule has 0 aromatic heterocycles. The molecule has 2 unspecified atom stereocenters. The summed E-state index contributed by atoms with van der Waals surface area (Å²) in [5, 5.41) is 3.17. The van der Waals surface area contributed by atoms with Gasteiger partial charge in [-0.25, -0.2) is 0 Å². The Bertz CT molecular complexity index is 261. The fraction of sp³-hybridized carbons (Fsp3) is 0.923. The van der Waals surface area contributed by atoms with E-state index in [1.807, 2.05) is 6.92 Å². The highest BCUT2D eigenvalue weighted by Crippen LogP contribution is 2.15. The largest absolute Gasteiger partial charge is 0.468 e. The standard InChI is InChI=1S/C13H27N3O2/c1-5-14-12(13(17)18-4)10-16(3)9-11-6-7-15(2)8-11/h11-12,14H,5-10H2,1-4H3. The average molecular weight is 257 g/mol. The summed E-state index contributed by atoms with van der Waals surface area (Å²) in [5.74, 6) is 0.548. The first-order valence-corrected chi connectivity index (χ1v) is 6.75. The Morgan fingerprint density at radius 2 is 2.33 bits per heavy atom. The minimum Gasteiger partial charge on any atom is -0.468 e. The molecule has 5 nitrogen and oxygen atoms in total. The highest BCUT2D eigenvalue weighted by molar-refractivity contribution is 5.75. The van der Waals surface area contributed by atoms with E-state index in [2.05, 4.69) is 29.2 Å². The lowest BCUT2D eigenvalue weighted by Gasteiger charge is -2.25. The van der Waals surface area contributed by atoms with Crippen molar-refractivity contribution in [3.05, 3.63) is 0 Å². The summed E-state index contributed by atoms with van der Waals surface area (Å²) in [5.41, 5.74) is 0. The molecule has 0 saturated carbocycles. The van der Waals surface area contributed by atoms with E-state index in [0.717, 1.165) is 25.6 Å². The second-order valence-corrected chi connectivity index (χ2v) is 5.27. The highest BCUT2D eigenvalue weighted by atomic mass is 16.5. The molecule has 1 aliphatic rings. The highest BCUT2D eigenvalue weighted by Gasteiger charge is 2.24. The van der Waals surface area contributed by atoms with Gasteiger partial charge >= 0.3 is 5.97 Å². The zero-order valence-corrected chi connectivity index (χ0v) is 12.1. The molecular formula is C13H27N3O2. The molecular weight excluding hydrogens is 230 g/mol. The van der Waals surface area contributed by atoms with E-state index in [9.17, 15) is 4.79 Å². The Kier molecular flexibility index (Phi) is 6.60. The van der Waals surface area contributed by atoms with E-state index >= 15 is 0 Å². The molecule has 18 heavy (non-hydrogen) atoms. The van der Waals surface area contributed by atoms with Gasteiger partial charge in [-0.2, -0.15) is 0 Å². The van der Waals surface area contributed by atoms with Gasteiger partial charge < -0.3 is 19.9 Å². The molecule has 1 saturated heterocycles.